The number of pyridine rings is 1. The topological polar surface area (TPSA) is 119 Å². The lowest BCUT2D eigenvalue weighted by molar-refractivity contribution is -0.125. The molecule has 2 N–H and O–H groups in total. The van der Waals surface area contributed by atoms with Gasteiger partial charge in [-0.1, -0.05) is 12.6 Å². The summed E-state index contributed by atoms with van der Waals surface area (Å²) in [5, 5.41) is 9.02. The van der Waals surface area contributed by atoms with E-state index in [-0.39, 0.29) is 23.3 Å². The average Bonchev–Trinajstić information content (AvgIpc) is 3.35. The van der Waals surface area contributed by atoms with E-state index in [2.05, 4.69) is 17.6 Å². The van der Waals surface area contributed by atoms with Gasteiger partial charge in [-0.2, -0.15) is 5.26 Å². The lowest BCUT2D eigenvalue weighted by Crippen LogP contribution is -2.26. The molecule has 1 atom stereocenters. The number of ether oxygens (including phenoxy) is 2. The van der Waals surface area contributed by atoms with Crippen molar-refractivity contribution >= 4 is 11.8 Å². The van der Waals surface area contributed by atoms with Gasteiger partial charge in [0.15, 0.2) is 0 Å². The lowest BCUT2D eigenvalue weighted by Gasteiger charge is -2.15. The highest BCUT2D eigenvalue weighted by molar-refractivity contribution is 5.95. The summed E-state index contributed by atoms with van der Waals surface area (Å²) in [4.78, 5) is 30.1. The molecule has 1 unspecified atom stereocenters. The predicted molar refractivity (Wildman–Crippen MR) is 125 cm³/mol. The van der Waals surface area contributed by atoms with Crippen LogP contribution in [0.5, 0.6) is 23.1 Å². The molecule has 4 rings (SSSR count). The fourth-order valence-electron chi connectivity index (χ4n) is 3.73. The van der Waals surface area contributed by atoms with Gasteiger partial charge in [0.2, 0.25) is 11.8 Å². The van der Waals surface area contributed by atoms with Crippen LogP contribution in [-0.2, 0) is 4.79 Å². The minimum atomic E-state index is -0.652. The number of benzene rings is 2. The fourth-order valence-corrected chi connectivity index (χ4v) is 3.73. The first-order valence-electron chi connectivity index (χ1n) is 10.6. The molecule has 0 radical (unpaired) electrons. The second-order valence-electron chi connectivity index (χ2n) is 7.74. The average molecular weight is 454 g/mol. The third-order valence-corrected chi connectivity index (χ3v) is 5.48. The Labute approximate surface area is 196 Å². The Balaban J connectivity index is 1.51. The van der Waals surface area contributed by atoms with Crippen molar-refractivity contribution in [1.82, 2.24) is 9.88 Å². The number of hydrogen-bond acceptors (Lipinski definition) is 6. The molecule has 1 aromatic heterocycles. The number of primary amides is 1. The van der Waals surface area contributed by atoms with Gasteiger partial charge in [-0.15, -0.1) is 0 Å². The van der Waals surface area contributed by atoms with Crippen LogP contribution in [0.3, 0.4) is 0 Å². The van der Waals surface area contributed by atoms with Gasteiger partial charge in [-0.3, -0.25) is 9.59 Å². The molecule has 2 aromatic carbocycles. The number of nitrogens with zero attached hydrogens (tertiary/aromatic N) is 3. The molecule has 8 nitrogen and oxygen atoms in total. The van der Waals surface area contributed by atoms with Crippen molar-refractivity contribution in [2.24, 2.45) is 5.73 Å². The molecule has 1 aliphatic heterocycles. The van der Waals surface area contributed by atoms with Crippen molar-refractivity contribution in [3.63, 3.8) is 0 Å². The fraction of sp³-hybridized carbons (Fsp3) is 0.154. The van der Waals surface area contributed by atoms with Crippen LogP contribution in [0.25, 0.3) is 0 Å². The summed E-state index contributed by atoms with van der Waals surface area (Å²) < 4.78 is 11.7. The van der Waals surface area contributed by atoms with Crippen molar-refractivity contribution in [1.29, 1.82) is 5.26 Å². The molecule has 8 heteroatoms. The molecule has 2 amide bonds. The van der Waals surface area contributed by atoms with E-state index in [9.17, 15) is 9.59 Å². The van der Waals surface area contributed by atoms with Crippen LogP contribution in [0.15, 0.2) is 73.3 Å². The first-order valence-corrected chi connectivity index (χ1v) is 10.6. The number of carbonyl (C=O) groups is 2. The minimum Gasteiger partial charge on any atom is -0.457 e. The summed E-state index contributed by atoms with van der Waals surface area (Å²) in [6.45, 7) is 4.67. The Bertz CT molecular complexity index is 1280. The van der Waals surface area contributed by atoms with Gasteiger partial charge in [0.25, 0.3) is 5.91 Å². The van der Waals surface area contributed by atoms with E-state index in [0.29, 0.717) is 35.9 Å². The Morgan fingerprint density at radius 1 is 1.09 bits per heavy atom. The highest BCUT2D eigenvalue weighted by Gasteiger charge is 2.28. The highest BCUT2D eigenvalue weighted by atomic mass is 16.5. The van der Waals surface area contributed by atoms with Crippen molar-refractivity contribution in [3.05, 3.63) is 90.1 Å². The molecule has 0 aliphatic carbocycles. The van der Waals surface area contributed by atoms with Crippen LogP contribution in [0.4, 0.5) is 0 Å². The van der Waals surface area contributed by atoms with Gasteiger partial charge in [0.05, 0.1) is 11.6 Å². The van der Waals surface area contributed by atoms with E-state index in [1.54, 1.807) is 65.6 Å². The van der Waals surface area contributed by atoms with Gasteiger partial charge in [0, 0.05) is 24.7 Å². The summed E-state index contributed by atoms with van der Waals surface area (Å²) >= 11 is 0. The molecule has 170 valence electrons. The molecular formula is C26H22N4O4. The smallest absolute Gasteiger partial charge is 0.254 e. The largest absolute Gasteiger partial charge is 0.457 e. The zero-order chi connectivity index (χ0) is 24.1. The summed E-state index contributed by atoms with van der Waals surface area (Å²) in [5.41, 5.74) is 6.90. The quantitative estimate of drug-likeness (QED) is 0.536. The first-order chi connectivity index (χ1) is 16.5. The third-order valence-electron chi connectivity index (χ3n) is 5.48. The minimum absolute atomic E-state index is 0.0214. The number of nitriles is 1. The molecular weight excluding hydrogens is 432 g/mol. The maximum atomic E-state index is 11.9. The standard InChI is InChI=1S/C26H22N4O4/c1-2-24(31)30-13-12-18(16-30)23-11-10-22(25(28)32)26(29-23)34-20-8-6-19(7-9-20)33-21-5-3-4-17(14-21)15-27/h2-11,14,18H,1,12-13,16H2,(H2,28,32). The van der Waals surface area contributed by atoms with Gasteiger partial charge in [-0.25, -0.2) is 4.98 Å². The van der Waals surface area contributed by atoms with E-state index < -0.39 is 5.91 Å². The molecule has 34 heavy (non-hydrogen) atoms. The molecule has 3 aromatic rings. The number of hydrogen-bond donors (Lipinski definition) is 1. The highest BCUT2D eigenvalue weighted by Crippen LogP contribution is 2.31. The van der Waals surface area contributed by atoms with E-state index in [1.165, 1.54) is 6.08 Å². The molecule has 0 saturated carbocycles. The zero-order valence-corrected chi connectivity index (χ0v) is 18.3. The summed E-state index contributed by atoms with van der Waals surface area (Å²) in [7, 11) is 0. The summed E-state index contributed by atoms with van der Waals surface area (Å²) in [5.74, 6) is 0.897. The summed E-state index contributed by atoms with van der Waals surface area (Å²) in [6, 6.07) is 19.0. The zero-order valence-electron chi connectivity index (χ0n) is 18.3. The van der Waals surface area contributed by atoms with Gasteiger partial charge in [0.1, 0.15) is 22.8 Å². The van der Waals surface area contributed by atoms with Crippen LogP contribution >= 0.6 is 0 Å². The molecule has 0 spiro atoms. The van der Waals surface area contributed by atoms with Gasteiger partial charge >= 0.3 is 0 Å². The van der Waals surface area contributed by atoms with Crippen LogP contribution in [0, 0.1) is 11.3 Å². The maximum absolute atomic E-state index is 11.9. The van der Waals surface area contributed by atoms with Gasteiger partial charge in [-0.05, 0) is 67.1 Å². The second kappa shape index (κ2) is 9.88. The Morgan fingerprint density at radius 2 is 1.82 bits per heavy atom. The van der Waals surface area contributed by atoms with E-state index >= 15 is 0 Å². The number of likely N-dealkylation sites (tertiary alicyclic amines) is 1. The maximum Gasteiger partial charge on any atom is 0.254 e. The molecule has 1 aliphatic rings. The van der Waals surface area contributed by atoms with Crippen molar-refractivity contribution in [2.45, 2.75) is 12.3 Å². The SMILES string of the molecule is C=CC(=O)N1CCC(c2ccc(C(N)=O)c(Oc3ccc(Oc4cccc(C#N)c4)cc3)n2)C1. The van der Waals surface area contributed by atoms with E-state index in [0.717, 1.165) is 12.1 Å². The van der Waals surface area contributed by atoms with Crippen molar-refractivity contribution in [3.8, 4) is 29.2 Å². The van der Waals surface area contributed by atoms with Crippen LogP contribution in [0.2, 0.25) is 0 Å². The van der Waals surface area contributed by atoms with Crippen LogP contribution < -0.4 is 15.2 Å². The Kier molecular flexibility index (Phi) is 6.55. The Morgan fingerprint density at radius 3 is 2.50 bits per heavy atom. The van der Waals surface area contributed by atoms with Crippen molar-refractivity contribution < 1.29 is 19.1 Å². The normalized spacial score (nSPS) is 14.8. The van der Waals surface area contributed by atoms with E-state index in [1.807, 2.05) is 0 Å². The van der Waals surface area contributed by atoms with E-state index in [4.69, 9.17) is 20.5 Å². The summed E-state index contributed by atoms with van der Waals surface area (Å²) in [6.07, 6.45) is 2.05. The molecule has 1 saturated heterocycles. The second-order valence-corrected chi connectivity index (χ2v) is 7.74. The number of carbonyl (C=O) groups excluding carboxylic acids is 2. The van der Waals surface area contributed by atoms with Crippen LogP contribution in [0.1, 0.15) is 34.0 Å². The predicted octanol–water partition coefficient (Wildman–Crippen LogP) is 4.14. The number of rotatable bonds is 7. The molecule has 1 fully saturated rings. The van der Waals surface area contributed by atoms with Gasteiger partial charge < -0.3 is 20.1 Å². The number of amides is 2. The molecule has 0 bridgehead atoms. The number of aromatic nitrogens is 1. The Hall–Kier alpha value is -4.64. The monoisotopic (exact) mass is 454 g/mol. The third kappa shape index (κ3) is 5.05. The van der Waals surface area contributed by atoms with Crippen molar-refractivity contribution in [2.75, 3.05) is 13.1 Å². The number of nitrogens with two attached hydrogens (primary N) is 1. The van der Waals surface area contributed by atoms with Crippen LogP contribution in [-0.4, -0.2) is 34.8 Å². The first kappa shape index (κ1) is 22.6. The molecule has 2 heterocycles. The lowest BCUT2D eigenvalue weighted by atomic mass is 10.0.